The van der Waals surface area contributed by atoms with Gasteiger partial charge in [-0.15, -0.1) is 0 Å². The van der Waals surface area contributed by atoms with Gasteiger partial charge >= 0.3 is 0 Å². The van der Waals surface area contributed by atoms with Gasteiger partial charge in [-0.25, -0.2) is 9.71 Å². The van der Waals surface area contributed by atoms with E-state index in [1.165, 1.54) is 6.33 Å². The molecule has 1 aliphatic rings. The van der Waals surface area contributed by atoms with Gasteiger partial charge in [0.25, 0.3) is 12.0 Å². The van der Waals surface area contributed by atoms with E-state index in [-0.39, 0.29) is 27.3 Å². The van der Waals surface area contributed by atoms with Gasteiger partial charge in [0, 0.05) is 18.0 Å². The van der Waals surface area contributed by atoms with Crippen molar-refractivity contribution in [3.05, 3.63) is 42.4 Å². The van der Waals surface area contributed by atoms with Crippen molar-refractivity contribution in [3.8, 4) is 11.3 Å². The van der Waals surface area contributed by atoms with Gasteiger partial charge in [-0.3, -0.25) is 9.55 Å². The predicted octanol–water partition coefficient (Wildman–Crippen LogP) is 7.83. The van der Waals surface area contributed by atoms with Gasteiger partial charge in [0.1, 0.15) is 24.6 Å². The first-order chi connectivity index (χ1) is 20.9. The Bertz CT molecular complexity index is 1510. The number of rotatable bonds is 9. The van der Waals surface area contributed by atoms with E-state index >= 15 is 0 Å². The van der Waals surface area contributed by atoms with Gasteiger partial charge in [-0.05, 0) is 71.5 Å². The highest BCUT2D eigenvalue weighted by molar-refractivity contribution is 6.75. The second-order valence-corrected chi connectivity index (χ2v) is 31.6. The molecule has 0 unspecified atom stereocenters. The van der Waals surface area contributed by atoms with E-state index in [0.29, 0.717) is 29.0 Å². The quantitative estimate of drug-likeness (QED) is 0.127. The van der Waals surface area contributed by atoms with Crippen LogP contribution in [0.4, 0.5) is 0 Å². The van der Waals surface area contributed by atoms with Crippen molar-refractivity contribution < 1.29 is 22.7 Å². The van der Waals surface area contributed by atoms with Crippen molar-refractivity contribution >= 4 is 36.1 Å². The van der Waals surface area contributed by atoms with Crippen LogP contribution in [0.5, 0.6) is 0 Å². The molecule has 1 fully saturated rings. The van der Waals surface area contributed by atoms with Crippen molar-refractivity contribution in [3.63, 3.8) is 0 Å². The molecule has 0 aliphatic carbocycles. The van der Waals surface area contributed by atoms with Crippen LogP contribution in [0.25, 0.3) is 22.4 Å². The predicted molar refractivity (Wildman–Crippen MR) is 191 cm³/mol. The third kappa shape index (κ3) is 7.20. The van der Waals surface area contributed by atoms with Crippen molar-refractivity contribution in [1.29, 1.82) is 0 Å². The third-order valence-electron chi connectivity index (χ3n) is 10.9. The summed E-state index contributed by atoms with van der Waals surface area (Å²) >= 11 is 0. The number of pyridine rings is 1. The molecular formula is C33H57N5O5Si3. The molecule has 256 valence electrons. The van der Waals surface area contributed by atoms with Gasteiger partial charge < -0.3 is 23.2 Å². The van der Waals surface area contributed by atoms with E-state index in [1.54, 1.807) is 30.9 Å². The summed E-state index contributed by atoms with van der Waals surface area (Å²) in [5.74, 6) is 0. The molecule has 10 nitrogen and oxygen atoms in total. The number of hydrogen-bond acceptors (Lipinski definition) is 8. The largest absolute Gasteiger partial charge is 0.710 e. The monoisotopic (exact) mass is 687 g/mol. The fraction of sp³-hybridized carbons (Fsp3) is 0.697. The molecule has 3 aromatic rings. The fourth-order valence-electron chi connectivity index (χ4n) is 4.75. The maximum Gasteiger partial charge on any atom is 0.292 e. The van der Waals surface area contributed by atoms with Gasteiger partial charge in [-0.1, -0.05) is 62.3 Å². The summed E-state index contributed by atoms with van der Waals surface area (Å²) in [5.41, 5.74) is 2.16. The molecule has 0 N–H and O–H groups in total. The fourth-order valence-corrected chi connectivity index (χ4v) is 8.37. The Balaban J connectivity index is 1.88. The first-order valence-electron chi connectivity index (χ1n) is 16.4. The maximum absolute atomic E-state index is 13.0. The van der Waals surface area contributed by atoms with Gasteiger partial charge in [-0.2, -0.15) is 0 Å². The molecule has 0 saturated carbocycles. The number of aromatic nitrogens is 5. The van der Waals surface area contributed by atoms with E-state index in [2.05, 4.69) is 112 Å². The summed E-state index contributed by atoms with van der Waals surface area (Å²) in [4.78, 5) is 13.4. The number of nitrogens with zero attached hydrogens (tertiary/aromatic N) is 5. The Morgan fingerprint density at radius 3 is 1.85 bits per heavy atom. The minimum atomic E-state index is -2.34. The van der Waals surface area contributed by atoms with Crippen molar-refractivity contribution in [1.82, 2.24) is 19.5 Å². The highest BCUT2D eigenvalue weighted by Gasteiger charge is 2.55. The molecule has 13 heteroatoms. The van der Waals surface area contributed by atoms with Crippen LogP contribution in [0.3, 0.4) is 0 Å². The second-order valence-electron chi connectivity index (χ2n) is 17.3. The molecule has 4 rings (SSSR count). The van der Waals surface area contributed by atoms with E-state index in [4.69, 9.17) is 23.0 Å². The first kappa shape index (κ1) is 36.8. The van der Waals surface area contributed by atoms with Gasteiger partial charge in [0.05, 0.1) is 6.61 Å². The molecule has 1 saturated heterocycles. The van der Waals surface area contributed by atoms with Crippen LogP contribution in [0.2, 0.25) is 54.4 Å². The van der Waals surface area contributed by atoms with E-state index in [9.17, 15) is 5.21 Å². The zero-order chi connectivity index (χ0) is 34.7. The van der Waals surface area contributed by atoms with E-state index < -0.39 is 37.3 Å². The minimum absolute atomic E-state index is 0.0259. The molecule has 0 amide bonds. The molecule has 0 radical (unpaired) electrons. The smallest absolute Gasteiger partial charge is 0.292 e. The summed E-state index contributed by atoms with van der Waals surface area (Å²) < 4.78 is 31.1. The van der Waals surface area contributed by atoms with Crippen LogP contribution in [-0.4, -0.2) is 69.4 Å². The number of hydrogen-bond donors (Lipinski definition) is 0. The topological polar surface area (TPSA) is 107 Å². The lowest BCUT2D eigenvalue weighted by atomic mass is 10.1. The minimum Gasteiger partial charge on any atom is -0.710 e. The van der Waals surface area contributed by atoms with Gasteiger partial charge in [0.2, 0.25) is 0 Å². The second kappa shape index (κ2) is 12.5. The average molecular weight is 688 g/mol. The lowest BCUT2D eigenvalue weighted by Crippen LogP contribution is -2.54. The molecule has 46 heavy (non-hydrogen) atoms. The Morgan fingerprint density at radius 1 is 0.804 bits per heavy atom. The summed E-state index contributed by atoms with van der Waals surface area (Å²) in [6, 6.07) is 3.60. The molecule has 1 aliphatic heterocycles. The summed E-state index contributed by atoms with van der Waals surface area (Å²) in [6.07, 6.45) is 4.53. The van der Waals surface area contributed by atoms with Crippen LogP contribution in [0.1, 0.15) is 68.5 Å². The molecule has 3 aromatic heterocycles. The normalized spacial score (nSPS) is 22.2. The third-order valence-corrected chi connectivity index (χ3v) is 24.3. The Labute approximate surface area is 279 Å². The first-order valence-corrected chi connectivity index (χ1v) is 25.1. The van der Waals surface area contributed by atoms with Crippen LogP contribution >= 0.6 is 0 Å². The molecule has 0 aromatic carbocycles. The number of fused-ring (bicyclic) bond motifs is 1. The highest BCUT2D eigenvalue weighted by atomic mass is 28.4. The van der Waals surface area contributed by atoms with E-state index in [0.717, 1.165) is 4.73 Å². The Hall–Kier alpha value is -2.01. The number of imidazole rings is 1. The summed E-state index contributed by atoms with van der Waals surface area (Å²) in [7, 11) is -6.74. The summed E-state index contributed by atoms with van der Waals surface area (Å²) in [5, 5.41) is 13.0. The van der Waals surface area contributed by atoms with Crippen LogP contribution in [0, 0.1) is 5.21 Å². The van der Waals surface area contributed by atoms with Crippen molar-refractivity contribution in [2.75, 3.05) is 6.61 Å². The Kier molecular flexibility index (Phi) is 9.98. The molecule has 4 atom stereocenters. The average Bonchev–Trinajstić information content (AvgIpc) is 3.46. The molecule has 0 spiro atoms. The standard InChI is InChI=1S/C33H57N5O5Si3/c1-31(2,3)44(10,11)40-20-24-27(42-45(12,13)32(4,5)6)28(43-46(14,15)33(7,8)9)30(41-24)37-21-35-25-26(23-16-18-34-19-17-23)38(39)22-36-29(25)37/h16-19,21-22,24,27-28,30H,20H2,1-15H3/t24-,27-,28-,30-/m1/s1. The zero-order valence-electron chi connectivity index (χ0n) is 30.8. The lowest BCUT2D eigenvalue weighted by Gasteiger charge is -2.44. The molecule has 0 bridgehead atoms. The van der Waals surface area contributed by atoms with Gasteiger partial charge in [0.15, 0.2) is 42.4 Å². The van der Waals surface area contributed by atoms with Crippen LogP contribution in [0.15, 0.2) is 37.2 Å². The molecule has 4 heterocycles. The molecular weight excluding hydrogens is 631 g/mol. The van der Waals surface area contributed by atoms with Crippen LogP contribution < -0.4 is 4.73 Å². The van der Waals surface area contributed by atoms with Crippen LogP contribution in [-0.2, 0) is 18.0 Å². The highest BCUT2D eigenvalue weighted by Crippen LogP contribution is 2.47. The van der Waals surface area contributed by atoms with Crippen molar-refractivity contribution in [2.24, 2.45) is 0 Å². The van der Waals surface area contributed by atoms with Crippen molar-refractivity contribution in [2.45, 2.75) is 141 Å². The lowest BCUT2D eigenvalue weighted by molar-refractivity contribution is -0.595. The maximum atomic E-state index is 13.0. The Morgan fingerprint density at radius 2 is 1.33 bits per heavy atom. The SMILES string of the molecule is CC(C)(C)[Si](C)(C)OC[C@H]1O[C@@H](n2cnc3c(-c4ccncc4)[n+]([O-])cnc32)[C@H](O[Si](C)(C)C(C)(C)C)[C@@H]1O[Si](C)(C)C(C)(C)C. The summed E-state index contributed by atoms with van der Waals surface area (Å²) in [6.45, 7) is 34.2. The van der Waals surface area contributed by atoms with E-state index in [1.807, 2.05) is 4.57 Å². The zero-order valence-corrected chi connectivity index (χ0v) is 33.8. The number of ether oxygens (including phenoxy) is 1.